The first-order chi connectivity index (χ1) is 12.1. The zero-order valence-electron chi connectivity index (χ0n) is 15.5. The molecule has 0 fully saturated rings. The summed E-state index contributed by atoms with van der Waals surface area (Å²) in [5, 5.41) is 0. The molecule has 0 aliphatic heterocycles. The maximum Gasteiger partial charge on any atom is 0.343 e. The molecule has 25 heavy (non-hydrogen) atoms. The molecule has 0 aromatic heterocycles. The van der Waals surface area contributed by atoms with Gasteiger partial charge in [0.2, 0.25) is 0 Å². The normalized spacial score (nSPS) is 10.7. The van der Waals surface area contributed by atoms with Crippen LogP contribution in [0.2, 0.25) is 0 Å². The topological polar surface area (TPSA) is 35.5 Å². The highest BCUT2D eigenvalue weighted by molar-refractivity contribution is 5.91. The van der Waals surface area contributed by atoms with E-state index in [2.05, 4.69) is 20.8 Å². The van der Waals surface area contributed by atoms with Gasteiger partial charge in [-0.05, 0) is 48.2 Å². The molecule has 0 aliphatic carbocycles. The van der Waals surface area contributed by atoms with Crippen molar-refractivity contribution in [2.75, 3.05) is 6.61 Å². The number of hydrogen-bond acceptors (Lipinski definition) is 3. The first-order valence-corrected chi connectivity index (χ1v) is 9.15. The zero-order chi connectivity index (χ0) is 18.1. The molecule has 0 atom stereocenters. The summed E-state index contributed by atoms with van der Waals surface area (Å²) in [4.78, 5) is 12.4. The van der Waals surface area contributed by atoms with E-state index in [9.17, 15) is 4.79 Å². The summed E-state index contributed by atoms with van der Waals surface area (Å²) in [6.45, 7) is 7.07. The fourth-order valence-corrected chi connectivity index (χ4v) is 2.62. The third kappa shape index (κ3) is 5.93. The lowest BCUT2D eigenvalue weighted by Gasteiger charge is -2.12. The molecule has 0 saturated heterocycles. The molecule has 3 nitrogen and oxygen atoms in total. The van der Waals surface area contributed by atoms with Gasteiger partial charge in [0, 0.05) is 0 Å². The second kappa shape index (κ2) is 9.87. The molecule has 0 saturated carbocycles. The van der Waals surface area contributed by atoms with Crippen molar-refractivity contribution in [2.24, 2.45) is 0 Å². The van der Waals surface area contributed by atoms with Crippen LogP contribution < -0.4 is 9.47 Å². The molecular weight excluding hydrogens is 312 g/mol. The predicted molar refractivity (Wildman–Crippen MR) is 102 cm³/mol. The van der Waals surface area contributed by atoms with Crippen LogP contribution in [0.1, 0.15) is 68.3 Å². The van der Waals surface area contributed by atoms with E-state index in [0.29, 0.717) is 23.8 Å². The molecule has 0 bridgehead atoms. The largest absolute Gasteiger partial charge is 0.494 e. The Hall–Kier alpha value is -2.29. The van der Waals surface area contributed by atoms with E-state index >= 15 is 0 Å². The van der Waals surface area contributed by atoms with Crippen LogP contribution in [0.25, 0.3) is 0 Å². The Morgan fingerprint density at radius 1 is 0.960 bits per heavy atom. The quantitative estimate of drug-likeness (QED) is 0.319. The highest BCUT2D eigenvalue weighted by Crippen LogP contribution is 2.26. The standard InChI is InChI=1S/C22H28O3/c1-4-5-6-9-16-24-19-14-12-18(13-15-19)22(23)25-21-11-8-7-10-20(21)17(2)3/h7-8,10-15,17H,4-6,9,16H2,1-3H3. The summed E-state index contributed by atoms with van der Waals surface area (Å²) in [5.74, 6) is 1.37. The van der Waals surface area contributed by atoms with Crippen molar-refractivity contribution in [2.45, 2.75) is 52.4 Å². The Bertz CT molecular complexity index is 659. The van der Waals surface area contributed by atoms with E-state index < -0.39 is 0 Å². The van der Waals surface area contributed by atoms with Gasteiger partial charge in [-0.15, -0.1) is 0 Å². The number of benzene rings is 2. The summed E-state index contributed by atoms with van der Waals surface area (Å²) in [6, 6.07) is 14.8. The Labute approximate surface area is 151 Å². The van der Waals surface area contributed by atoms with Crippen molar-refractivity contribution >= 4 is 5.97 Å². The average molecular weight is 340 g/mol. The van der Waals surface area contributed by atoms with Crippen LogP contribution in [0.15, 0.2) is 48.5 Å². The van der Waals surface area contributed by atoms with Gasteiger partial charge in [0.15, 0.2) is 0 Å². The molecule has 0 unspecified atom stereocenters. The van der Waals surface area contributed by atoms with E-state index in [1.165, 1.54) is 19.3 Å². The van der Waals surface area contributed by atoms with Gasteiger partial charge in [0.05, 0.1) is 12.2 Å². The van der Waals surface area contributed by atoms with Crippen LogP contribution in [0.5, 0.6) is 11.5 Å². The van der Waals surface area contributed by atoms with Gasteiger partial charge in [0.1, 0.15) is 11.5 Å². The predicted octanol–water partition coefficient (Wildman–Crippen LogP) is 5.99. The van der Waals surface area contributed by atoms with Crippen molar-refractivity contribution < 1.29 is 14.3 Å². The van der Waals surface area contributed by atoms with Gasteiger partial charge in [-0.1, -0.05) is 58.2 Å². The van der Waals surface area contributed by atoms with Crippen LogP contribution in [0, 0.1) is 0 Å². The zero-order valence-corrected chi connectivity index (χ0v) is 15.5. The Morgan fingerprint density at radius 2 is 1.68 bits per heavy atom. The van der Waals surface area contributed by atoms with Crippen molar-refractivity contribution in [3.8, 4) is 11.5 Å². The fraction of sp³-hybridized carbons (Fsp3) is 0.409. The lowest BCUT2D eigenvalue weighted by atomic mass is 10.0. The number of carbonyl (C=O) groups excluding carboxylic acids is 1. The van der Waals surface area contributed by atoms with E-state index in [1.807, 2.05) is 36.4 Å². The molecule has 3 heteroatoms. The van der Waals surface area contributed by atoms with Crippen molar-refractivity contribution in [1.29, 1.82) is 0 Å². The first kappa shape index (κ1) is 19.0. The van der Waals surface area contributed by atoms with Gasteiger partial charge < -0.3 is 9.47 Å². The van der Waals surface area contributed by atoms with E-state index in [-0.39, 0.29) is 5.97 Å². The second-order valence-corrected chi connectivity index (χ2v) is 6.52. The number of unbranched alkanes of at least 4 members (excludes halogenated alkanes) is 3. The van der Waals surface area contributed by atoms with Gasteiger partial charge in [-0.2, -0.15) is 0 Å². The minimum atomic E-state index is -0.345. The third-order valence-electron chi connectivity index (χ3n) is 4.10. The maximum atomic E-state index is 12.4. The number of para-hydroxylation sites is 1. The van der Waals surface area contributed by atoms with Gasteiger partial charge >= 0.3 is 5.97 Å². The van der Waals surface area contributed by atoms with E-state index in [4.69, 9.17) is 9.47 Å². The van der Waals surface area contributed by atoms with Crippen molar-refractivity contribution in [1.82, 2.24) is 0 Å². The first-order valence-electron chi connectivity index (χ1n) is 9.15. The molecular formula is C22H28O3. The Balaban J connectivity index is 1.92. The Morgan fingerprint density at radius 3 is 2.36 bits per heavy atom. The van der Waals surface area contributed by atoms with E-state index in [0.717, 1.165) is 17.7 Å². The number of hydrogen-bond donors (Lipinski definition) is 0. The van der Waals surface area contributed by atoms with Crippen LogP contribution in [-0.4, -0.2) is 12.6 Å². The van der Waals surface area contributed by atoms with Gasteiger partial charge in [-0.3, -0.25) is 0 Å². The SMILES string of the molecule is CCCCCCOc1ccc(C(=O)Oc2ccccc2C(C)C)cc1. The van der Waals surface area contributed by atoms with Crippen LogP contribution >= 0.6 is 0 Å². The molecule has 2 aromatic carbocycles. The second-order valence-electron chi connectivity index (χ2n) is 6.52. The number of carbonyl (C=O) groups is 1. The lowest BCUT2D eigenvalue weighted by molar-refractivity contribution is 0.0733. The van der Waals surface area contributed by atoms with Crippen molar-refractivity contribution in [3.63, 3.8) is 0 Å². The lowest BCUT2D eigenvalue weighted by Crippen LogP contribution is -2.10. The number of rotatable bonds is 9. The fourth-order valence-electron chi connectivity index (χ4n) is 2.62. The minimum absolute atomic E-state index is 0.299. The molecule has 0 radical (unpaired) electrons. The summed E-state index contributed by atoms with van der Waals surface area (Å²) in [6.07, 6.45) is 4.71. The minimum Gasteiger partial charge on any atom is -0.494 e. The number of esters is 1. The maximum absolute atomic E-state index is 12.4. The summed E-state index contributed by atoms with van der Waals surface area (Å²) < 4.78 is 11.3. The smallest absolute Gasteiger partial charge is 0.343 e. The highest BCUT2D eigenvalue weighted by atomic mass is 16.5. The summed E-state index contributed by atoms with van der Waals surface area (Å²) in [7, 11) is 0. The van der Waals surface area contributed by atoms with Crippen LogP contribution in [0.3, 0.4) is 0 Å². The molecule has 2 aromatic rings. The van der Waals surface area contributed by atoms with Crippen LogP contribution in [0.4, 0.5) is 0 Å². The molecule has 0 N–H and O–H groups in total. The molecule has 0 heterocycles. The third-order valence-corrected chi connectivity index (χ3v) is 4.10. The van der Waals surface area contributed by atoms with Crippen molar-refractivity contribution in [3.05, 3.63) is 59.7 Å². The molecule has 0 amide bonds. The molecule has 0 spiro atoms. The summed E-state index contributed by atoms with van der Waals surface area (Å²) >= 11 is 0. The average Bonchev–Trinajstić information content (AvgIpc) is 2.62. The highest BCUT2D eigenvalue weighted by Gasteiger charge is 2.13. The van der Waals surface area contributed by atoms with Crippen LogP contribution in [-0.2, 0) is 0 Å². The molecule has 0 aliphatic rings. The molecule has 134 valence electrons. The van der Waals surface area contributed by atoms with E-state index in [1.54, 1.807) is 12.1 Å². The monoisotopic (exact) mass is 340 g/mol. The summed E-state index contributed by atoms with van der Waals surface area (Å²) in [5.41, 5.74) is 1.56. The van der Waals surface area contributed by atoms with Gasteiger partial charge in [-0.25, -0.2) is 4.79 Å². The Kier molecular flexibility index (Phi) is 7.52. The number of ether oxygens (including phenoxy) is 2. The molecule has 2 rings (SSSR count). The van der Waals surface area contributed by atoms with Gasteiger partial charge in [0.25, 0.3) is 0 Å².